The summed E-state index contributed by atoms with van der Waals surface area (Å²) in [4.78, 5) is 0.159. The minimum atomic E-state index is -0.560. The van der Waals surface area contributed by atoms with Crippen molar-refractivity contribution in [3.05, 3.63) is 58.1 Å². The second-order valence-corrected chi connectivity index (χ2v) is 5.07. The van der Waals surface area contributed by atoms with E-state index < -0.39 is 11.6 Å². The van der Waals surface area contributed by atoms with Gasteiger partial charge in [0.1, 0.15) is 16.6 Å². The first-order valence-corrected chi connectivity index (χ1v) is 6.49. The van der Waals surface area contributed by atoms with Gasteiger partial charge in [0, 0.05) is 21.8 Å². The van der Waals surface area contributed by atoms with E-state index in [9.17, 15) is 8.78 Å². The van der Waals surface area contributed by atoms with Gasteiger partial charge in [-0.15, -0.1) is 0 Å². The highest BCUT2D eigenvalue weighted by Crippen LogP contribution is 2.28. The molecule has 0 saturated heterocycles. The van der Waals surface area contributed by atoms with Crippen molar-refractivity contribution in [1.29, 1.82) is 0 Å². The first kappa shape index (κ1) is 13.9. The maximum Gasteiger partial charge on any atom is 0.146 e. The molecule has 6 heteroatoms. The van der Waals surface area contributed by atoms with Gasteiger partial charge in [-0.25, -0.2) is 8.78 Å². The fourth-order valence-electron chi connectivity index (χ4n) is 1.62. The molecule has 0 saturated carbocycles. The molecule has 0 unspecified atom stereocenters. The van der Waals surface area contributed by atoms with Gasteiger partial charge in [-0.1, -0.05) is 18.3 Å². The molecule has 0 aromatic heterocycles. The van der Waals surface area contributed by atoms with Crippen molar-refractivity contribution in [2.45, 2.75) is 0 Å². The van der Waals surface area contributed by atoms with Crippen LogP contribution < -0.4 is 11.1 Å². The van der Waals surface area contributed by atoms with Crippen LogP contribution in [0.4, 0.5) is 20.2 Å². The molecule has 0 aliphatic rings. The van der Waals surface area contributed by atoms with Crippen LogP contribution in [0.3, 0.4) is 0 Å². The van der Waals surface area contributed by atoms with E-state index in [1.807, 2.05) is 0 Å². The number of anilines is 2. The Balaban J connectivity index is 2.46. The van der Waals surface area contributed by atoms with Crippen LogP contribution in [0.5, 0.6) is 0 Å². The molecule has 0 spiro atoms. The Morgan fingerprint density at radius 1 is 1.16 bits per heavy atom. The quantitative estimate of drug-likeness (QED) is 0.824. The lowest BCUT2D eigenvalue weighted by Crippen LogP contribution is -2.13. The Morgan fingerprint density at radius 2 is 1.89 bits per heavy atom. The molecule has 0 atom stereocenters. The van der Waals surface area contributed by atoms with E-state index in [0.717, 1.165) is 18.2 Å². The van der Waals surface area contributed by atoms with Gasteiger partial charge in [-0.2, -0.15) is 0 Å². The van der Waals surface area contributed by atoms with E-state index in [1.165, 1.54) is 0 Å². The topological polar surface area (TPSA) is 38.0 Å². The van der Waals surface area contributed by atoms with Crippen molar-refractivity contribution in [2.24, 2.45) is 5.73 Å². The predicted molar refractivity (Wildman–Crippen MR) is 79.7 cm³/mol. The Bertz CT molecular complexity index is 647. The summed E-state index contributed by atoms with van der Waals surface area (Å²) in [5, 5.41) is 2.79. The average molecular weight is 343 g/mol. The number of nitrogens with two attached hydrogens (primary N) is 1. The number of halogens is 3. The zero-order chi connectivity index (χ0) is 14.0. The minimum absolute atomic E-state index is 0.0237. The summed E-state index contributed by atoms with van der Waals surface area (Å²) < 4.78 is 27.4. The number of hydrogen-bond acceptors (Lipinski definition) is 2. The molecule has 98 valence electrons. The number of nitrogens with one attached hydrogen (secondary N) is 1. The highest BCUT2D eigenvalue weighted by molar-refractivity contribution is 9.10. The summed E-state index contributed by atoms with van der Waals surface area (Å²) in [6.45, 7) is 0. The van der Waals surface area contributed by atoms with Crippen LogP contribution in [0.25, 0.3) is 0 Å². The van der Waals surface area contributed by atoms with Gasteiger partial charge in [0.2, 0.25) is 0 Å². The van der Waals surface area contributed by atoms with Gasteiger partial charge in [0.25, 0.3) is 0 Å². The lowest BCUT2D eigenvalue weighted by Gasteiger charge is -2.13. The molecule has 0 bridgehead atoms. The maximum atomic E-state index is 13.6. The second-order valence-electron chi connectivity index (χ2n) is 3.78. The van der Waals surface area contributed by atoms with Crippen molar-refractivity contribution < 1.29 is 8.78 Å². The van der Waals surface area contributed by atoms with Gasteiger partial charge in [0.15, 0.2) is 0 Å². The van der Waals surface area contributed by atoms with Crippen molar-refractivity contribution in [1.82, 2.24) is 0 Å². The van der Waals surface area contributed by atoms with Gasteiger partial charge < -0.3 is 11.1 Å². The third-order valence-corrected chi connectivity index (χ3v) is 3.32. The van der Waals surface area contributed by atoms with Crippen LogP contribution in [-0.2, 0) is 0 Å². The van der Waals surface area contributed by atoms with Crippen molar-refractivity contribution in [3.8, 4) is 0 Å². The Hall–Kier alpha value is -1.53. The lowest BCUT2D eigenvalue weighted by atomic mass is 10.1. The third-order valence-electron chi connectivity index (χ3n) is 2.46. The smallest absolute Gasteiger partial charge is 0.146 e. The standard InChI is InChI=1S/C13H9BrF2N2S/c14-8-2-1-3-10(12(8)13(17)19)18-11-6-7(15)4-5-9(11)16/h1-6,18H,(H2,17,19). The van der Waals surface area contributed by atoms with E-state index >= 15 is 0 Å². The molecule has 0 radical (unpaired) electrons. The third kappa shape index (κ3) is 3.08. The van der Waals surface area contributed by atoms with Crippen LogP contribution in [0, 0.1) is 11.6 Å². The molecule has 0 aliphatic heterocycles. The van der Waals surface area contributed by atoms with E-state index in [1.54, 1.807) is 18.2 Å². The predicted octanol–water partition coefficient (Wildman–Crippen LogP) is 4.11. The second kappa shape index (κ2) is 5.63. The first-order chi connectivity index (χ1) is 8.99. The van der Waals surface area contributed by atoms with Crippen LogP contribution in [0.15, 0.2) is 40.9 Å². The van der Waals surface area contributed by atoms with E-state index in [-0.39, 0.29) is 10.7 Å². The Kier molecular flexibility index (Phi) is 4.11. The number of benzene rings is 2. The SMILES string of the molecule is NC(=S)c1c(Br)cccc1Nc1cc(F)ccc1F. The van der Waals surface area contributed by atoms with Crippen LogP contribution in [0.1, 0.15) is 5.56 Å². The molecule has 3 N–H and O–H groups in total. The van der Waals surface area contributed by atoms with Crippen LogP contribution in [0.2, 0.25) is 0 Å². The van der Waals surface area contributed by atoms with Gasteiger partial charge >= 0.3 is 0 Å². The summed E-state index contributed by atoms with van der Waals surface area (Å²) >= 11 is 8.27. The highest BCUT2D eigenvalue weighted by atomic mass is 79.9. The molecule has 0 amide bonds. The average Bonchev–Trinajstić information content (AvgIpc) is 2.33. The number of rotatable bonds is 3. The van der Waals surface area contributed by atoms with Crippen molar-refractivity contribution in [3.63, 3.8) is 0 Å². The van der Waals surface area contributed by atoms with E-state index in [0.29, 0.717) is 15.7 Å². The summed E-state index contributed by atoms with van der Waals surface area (Å²) in [5.41, 5.74) is 6.70. The van der Waals surface area contributed by atoms with E-state index in [2.05, 4.69) is 21.2 Å². The Morgan fingerprint density at radius 3 is 2.58 bits per heavy atom. The molecule has 2 aromatic rings. The number of thiocarbonyl (C=S) groups is 1. The fraction of sp³-hybridized carbons (Fsp3) is 0. The highest BCUT2D eigenvalue weighted by Gasteiger charge is 2.11. The molecule has 0 fully saturated rings. The summed E-state index contributed by atoms with van der Waals surface area (Å²) in [6.07, 6.45) is 0. The zero-order valence-corrected chi connectivity index (χ0v) is 12.0. The summed E-state index contributed by atoms with van der Waals surface area (Å²) in [7, 11) is 0. The zero-order valence-electron chi connectivity index (χ0n) is 9.58. The fourth-order valence-corrected chi connectivity index (χ4v) is 2.55. The first-order valence-electron chi connectivity index (χ1n) is 5.29. The maximum absolute atomic E-state index is 13.6. The lowest BCUT2D eigenvalue weighted by molar-refractivity contribution is 0.603. The molecular formula is C13H9BrF2N2S. The van der Waals surface area contributed by atoms with Crippen LogP contribution >= 0.6 is 28.1 Å². The van der Waals surface area contributed by atoms with Crippen molar-refractivity contribution in [2.75, 3.05) is 5.32 Å². The molecular weight excluding hydrogens is 334 g/mol. The van der Waals surface area contributed by atoms with Gasteiger partial charge in [0.05, 0.1) is 5.69 Å². The van der Waals surface area contributed by atoms with Crippen molar-refractivity contribution >= 4 is 44.5 Å². The minimum Gasteiger partial charge on any atom is -0.389 e. The molecule has 19 heavy (non-hydrogen) atoms. The van der Waals surface area contributed by atoms with Crippen LogP contribution in [-0.4, -0.2) is 4.99 Å². The summed E-state index contributed by atoms with van der Waals surface area (Å²) in [6, 6.07) is 8.36. The number of hydrogen-bond donors (Lipinski definition) is 2. The molecule has 0 aliphatic carbocycles. The largest absolute Gasteiger partial charge is 0.389 e. The summed E-state index contributed by atoms with van der Waals surface area (Å²) in [5.74, 6) is -1.09. The Labute approximate surface area is 122 Å². The molecule has 2 rings (SSSR count). The normalized spacial score (nSPS) is 10.3. The molecule has 0 heterocycles. The monoisotopic (exact) mass is 342 g/mol. The molecule has 2 nitrogen and oxygen atoms in total. The van der Waals surface area contributed by atoms with Gasteiger partial charge in [-0.05, 0) is 40.2 Å². The van der Waals surface area contributed by atoms with Gasteiger partial charge in [-0.3, -0.25) is 0 Å². The molecule has 2 aromatic carbocycles. The van der Waals surface area contributed by atoms with E-state index in [4.69, 9.17) is 18.0 Å².